The van der Waals surface area contributed by atoms with Crippen LogP contribution in [0.25, 0.3) is 0 Å². The molecule has 1 N–H and O–H groups in total. The van der Waals surface area contributed by atoms with Crippen molar-refractivity contribution in [1.29, 1.82) is 0 Å². The van der Waals surface area contributed by atoms with Crippen molar-refractivity contribution >= 4 is 11.3 Å². The molecule has 0 spiro atoms. The molecule has 0 bridgehead atoms. The minimum Gasteiger partial charge on any atom is -0.316 e. The molecule has 2 rings (SSSR count). The fraction of sp³-hybridized carbons (Fsp3) is 0.714. The van der Waals surface area contributed by atoms with Gasteiger partial charge in [0.15, 0.2) is 0 Å². The predicted octanol–water partition coefficient (Wildman–Crippen LogP) is 3.58. The highest BCUT2D eigenvalue weighted by atomic mass is 32.1. The average Bonchev–Trinajstić information content (AvgIpc) is 2.77. The molecule has 0 aliphatic carbocycles. The Kier molecular flexibility index (Phi) is 4.21. The van der Waals surface area contributed by atoms with E-state index in [9.17, 15) is 4.39 Å². The van der Waals surface area contributed by atoms with Crippen molar-refractivity contribution in [2.45, 2.75) is 45.2 Å². The molecule has 0 aromatic carbocycles. The van der Waals surface area contributed by atoms with E-state index in [1.807, 2.05) is 0 Å². The maximum Gasteiger partial charge on any atom is 0.117 e. The summed E-state index contributed by atoms with van der Waals surface area (Å²) in [5, 5.41) is 3.31. The monoisotopic (exact) mass is 255 g/mol. The fourth-order valence-corrected chi connectivity index (χ4v) is 3.67. The summed E-state index contributed by atoms with van der Waals surface area (Å²) in [5.74, 6) is 0.170. The predicted molar refractivity (Wildman–Crippen MR) is 72.5 cm³/mol. The highest BCUT2D eigenvalue weighted by Gasteiger charge is 2.35. The molecule has 1 aromatic rings. The lowest BCUT2D eigenvalue weighted by Gasteiger charge is -2.33. The molecule has 1 nitrogen and oxygen atoms in total. The van der Waals surface area contributed by atoms with Crippen LogP contribution in [0.4, 0.5) is 4.39 Å². The van der Waals surface area contributed by atoms with Crippen LogP contribution >= 0.6 is 11.3 Å². The van der Waals surface area contributed by atoms with Gasteiger partial charge in [-0.15, -0.1) is 11.3 Å². The number of piperidine rings is 1. The quantitative estimate of drug-likeness (QED) is 0.867. The zero-order chi connectivity index (χ0) is 12.3. The SMILES string of the molecule is CCc1ccc(CC(C)(F)C2CCCNC2)s1. The van der Waals surface area contributed by atoms with E-state index in [2.05, 4.69) is 24.4 Å². The molecule has 0 radical (unpaired) electrons. The Labute approximate surface area is 107 Å². The number of alkyl halides is 1. The van der Waals surface area contributed by atoms with Gasteiger partial charge in [-0.25, -0.2) is 4.39 Å². The van der Waals surface area contributed by atoms with E-state index in [0.29, 0.717) is 6.42 Å². The van der Waals surface area contributed by atoms with E-state index in [1.165, 1.54) is 9.75 Å². The smallest absolute Gasteiger partial charge is 0.117 e. The van der Waals surface area contributed by atoms with Gasteiger partial charge < -0.3 is 5.32 Å². The number of nitrogens with one attached hydrogen (secondary N) is 1. The normalized spacial score (nSPS) is 24.5. The fourth-order valence-electron chi connectivity index (χ4n) is 2.56. The molecule has 1 aliphatic heterocycles. The maximum absolute atomic E-state index is 14.7. The molecular formula is C14H22FNS. The van der Waals surface area contributed by atoms with E-state index in [4.69, 9.17) is 0 Å². The number of hydrogen-bond donors (Lipinski definition) is 1. The first-order chi connectivity index (χ1) is 8.12. The molecule has 2 heterocycles. The summed E-state index contributed by atoms with van der Waals surface area (Å²) in [4.78, 5) is 2.55. The Balaban J connectivity index is 1.99. The minimum absolute atomic E-state index is 0.170. The van der Waals surface area contributed by atoms with Crippen molar-refractivity contribution in [3.63, 3.8) is 0 Å². The molecule has 0 saturated carbocycles. The van der Waals surface area contributed by atoms with Crippen LogP contribution in [0.2, 0.25) is 0 Å². The number of rotatable bonds is 4. The zero-order valence-corrected chi connectivity index (χ0v) is 11.6. The molecule has 1 aromatic heterocycles. The molecule has 17 heavy (non-hydrogen) atoms. The molecule has 0 amide bonds. The van der Waals surface area contributed by atoms with Crippen LogP contribution in [0.15, 0.2) is 12.1 Å². The third kappa shape index (κ3) is 3.29. The highest BCUT2D eigenvalue weighted by molar-refractivity contribution is 7.12. The Morgan fingerprint density at radius 3 is 2.82 bits per heavy atom. The first-order valence-corrected chi connectivity index (χ1v) is 7.40. The van der Waals surface area contributed by atoms with Crippen molar-refractivity contribution in [1.82, 2.24) is 5.32 Å². The van der Waals surface area contributed by atoms with E-state index < -0.39 is 5.67 Å². The van der Waals surface area contributed by atoms with Crippen molar-refractivity contribution in [2.24, 2.45) is 5.92 Å². The summed E-state index contributed by atoms with van der Waals surface area (Å²) in [6.45, 7) is 5.80. The lowest BCUT2D eigenvalue weighted by molar-refractivity contribution is 0.0842. The number of halogens is 1. The van der Waals surface area contributed by atoms with Crippen LogP contribution in [0.1, 0.15) is 36.4 Å². The van der Waals surface area contributed by atoms with Gasteiger partial charge in [0.1, 0.15) is 5.67 Å². The zero-order valence-electron chi connectivity index (χ0n) is 10.8. The summed E-state index contributed by atoms with van der Waals surface area (Å²) in [6, 6.07) is 4.23. The Morgan fingerprint density at radius 2 is 2.24 bits per heavy atom. The number of aryl methyl sites for hydroxylation is 1. The number of thiophene rings is 1. The van der Waals surface area contributed by atoms with Crippen molar-refractivity contribution in [3.8, 4) is 0 Å². The first-order valence-electron chi connectivity index (χ1n) is 6.59. The minimum atomic E-state index is -1.07. The second-order valence-electron chi connectivity index (χ2n) is 5.22. The van der Waals surface area contributed by atoms with Crippen LogP contribution in [0.5, 0.6) is 0 Å². The summed E-state index contributed by atoms with van der Waals surface area (Å²) in [6.07, 6.45) is 3.75. The number of hydrogen-bond acceptors (Lipinski definition) is 2. The Bertz CT molecular complexity index is 353. The van der Waals surface area contributed by atoms with E-state index in [-0.39, 0.29) is 5.92 Å². The molecule has 2 unspecified atom stereocenters. The van der Waals surface area contributed by atoms with E-state index in [1.54, 1.807) is 18.3 Å². The Morgan fingerprint density at radius 1 is 1.47 bits per heavy atom. The third-order valence-electron chi connectivity index (χ3n) is 3.73. The molecule has 3 heteroatoms. The summed E-state index contributed by atoms with van der Waals surface area (Å²) in [5.41, 5.74) is -1.07. The summed E-state index contributed by atoms with van der Waals surface area (Å²) >= 11 is 1.76. The van der Waals surface area contributed by atoms with Crippen molar-refractivity contribution in [3.05, 3.63) is 21.9 Å². The van der Waals surface area contributed by atoms with Gasteiger partial charge in [-0.2, -0.15) is 0 Å². The molecule has 2 atom stereocenters. The highest BCUT2D eigenvalue weighted by Crippen LogP contribution is 2.33. The standard InChI is InChI=1S/C14H22FNS/c1-3-12-6-7-13(17-12)9-14(2,15)11-5-4-8-16-10-11/h6-7,11,16H,3-5,8-10H2,1-2H3. The topological polar surface area (TPSA) is 12.0 Å². The van der Waals surface area contributed by atoms with Crippen LogP contribution < -0.4 is 5.32 Å². The van der Waals surface area contributed by atoms with Gasteiger partial charge in [0.05, 0.1) is 0 Å². The molecule has 1 saturated heterocycles. The van der Waals surface area contributed by atoms with Gasteiger partial charge in [0, 0.05) is 28.6 Å². The second kappa shape index (κ2) is 5.49. The first kappa shape index (κ1) is 13.0. The lowest BCUT2D eigenvalue weighted by atomic mass is 9.82. The van der Waals surface area contributed by atoms with Gasteiger partial charge in [-0.05, 0) is 44.9 Å². The van der Waals surface area contributed by atoms with Gasteiger partial charge in [0.2, 0.25) is 0 Å². The van der Waals surface area contributed by atoms with Crippen LogP contribution in [0.3, 0.4) is 0 Å². The Hall–Kier alpha value is -0.410. The van der Waals surface area contributed by atoms with Gasteiger partial charge >= 0.3 is 0 Å². The van der Waals surface area contributed by atoms with Gasteiger partial charge in [0.25, 0.3) is 0 Å². The average molecular weight is 255 g/mol. The molecular weight excluding hydrogens is 233 g/mol. The summed E-state index contributed by atoms with van der Waals surface area (Å²) < 4.78 is 14.7. The van der Waals surface area contributed by atoms with Crippen LogP contribution in [-0.4, -0.2) is 18.8 Å². The third-order valence-corrected chi connectivity index (χ3v) is 4.96. The van der Waals surface area contributed by atoms with Crippen molar-refractivity contribution in [2.75, 3.05) is 13.1 Å². The molecule has 1 fully saturated rings. The van der Waals surface area contributed by atoms with Crippen LogP contribution in [-0.2, 0) is 12.8 Å². The lowest BCUT2D eigenvalue weighted by Crippen LogP contribution is -2.42. The van der Waals surface area contributed by atoms with Gasteiger partial charge in [-0.3, -0.25) is 0 Å². The second-order valence-corrected chi connectivity index (χ2v) is 6.47. The van der Waals surface area contributed by atoms with E-state index in [0.717, 1.165) is 32.4 Å². The summed E-state index contributed by atoms with van der Waals surface area (Å²) in [7, 11) is 0. The largest absolute Gasteiger partial charge is 0.316 e. The van der Waals surface area contributed by atoms with Crippen LogP contribution in [0, 0.1) is 5.92 Å². The maximum atomic E-state index is 14.7. The van der Waals surface area contributed by atoms with Gasteiger partial charge in [-0.1, -0.05) is 6.92 Å². The van der Waals surface area contributed by atoms with Crippen molar-refractivity contribution < 1.29 is 4.39 Å². The van der Waals surface area contributed by atoms with E-state index >= 15 is 0 Å². The molecule has 96 valence electrons. The molecule has 1 aliphatic rings.